The van der Waals surface area contributed by atoms with Crippen molar-refractivity contribution >= 4 is 17.7 Å². The van der Waals surface area contributed by atoms with Crippen LogP contribution in [0.2, 0.25) is 0 Å². The molecule has 0 spiro atoms. The number of nitrogens with zero attached hydrogens (tertiary/aromatic N) is 2. The van der Waals surface area contributed by atoms with E-state index in [-0.39, 0.29) is 23.8 Å². The van der Waals surface area contributed by atoms with Crippen molar-refractivity contribution < 1.29 is 23.9 Å². The van der Waals surface area contributed by atoms with Gasteiger partial charge in [-0.1, -0.05) is 0 Å². The Morgan fingerprint density at radius 1 is 1.18 bits per heavy atom. The van der Waals surface area contributed by atoms with Crippen molar-refractivity contribution in [1.29, 1.82) is 0 Å². The molecule has 1 N–H and O–H groups in total. The van der Waals surface area contributed by atoms with Gasteiger partial charge in [-0.15, -0.1) is 0 Å². The monoisotopic (exact) mass is 391 g/mol. The molecule has 0 aliphatic carbocycles. The minimum absolute atomic E-state index is 0.0605. The number of aryl methyl sites for hydroxylation is 1. The molecular weight excluding hydrogens is 362 g/mol. The second-order valence-electron chi connectivity index (χ2n) is 7.52. The molecule has 2 saturated heterocycles. The quantitative estimate of drug-likeness (QED) is 0.601. The first kappa shape index (κ1) is 20.5. The third-order valence-electron chi connectivity index (χ3n) is 5.83. The fourth-order valence-corrected chi connectivity index (χ4v) is 4.09. The van der Waals surface area contributed by atoms with E-state index < -0.39 is 5.97 Å². The van der Waals surface area contributed by atoms with Crippen molar-refractivity contribution in [2.45, 2.75) is 45.8 Å². The van der Waals surface area contributed by atoms with Crippen LogP contribution >= 0.6 is 0 Å². The van der Waals surface area contributed by atoms with E-state index in [2.05, 4.69) is 9.88 Å². The molecule has 2 aliphatic rings. The summed E-state index contributed by atoms with van der Waals surface area (Å²) in [5.74, 6) is -0.441. The molecule has 154 valence electrons. The fraction of sp³-hybridized carbons (Fsp3) is 0.650. The number of nitrogens with one attached hydrogen (secondary N) is 1. The second-order valence-corrected chi connectivity index (χ2v) is 7.52. The third kappa shape index (κ3) is 3.84. The van der Waals surface area contributed by atoms with Gasteiger partial charge in [0.2, 0.25) is 0 Å². The Morgan fingerprint density at radius 2 is 1.86 bits per heavy atom. The summed E-state index contributed by atoms with van der Waals surface area (Å²) in [5, 5.41) is 0. The second kappa shape index (κ2) is 8.45. The van der Waals surface area contributed by atoms with E-state index in [0.29, 0.717) is 55.3 Å². The van der Waals surface area contributed by atoms with Crippen molar-refractivity contribution in [1.82, 2.24) is 14.8 Å². The summed E-state index contributed by atoms with van der Waals surface area (Å²) in [7, 11) is 1.33. The summed E-state index contributed by atoms with van der Waals surface area (Å²) in [6.45, 7) is 8.49. The lowest BCUT2D eigenvalue weighted by Gasteiger charge is -2.38. The summed E-state index contributed by atoms with van der Waals surface area (Å²) >= 11 is 0. The lowest BCUT2D eigenvalue weighted by Crippen LogP contribution is -2.54. The molecule has 1 aromatic rings. The normalized spacial score (nSPS) is 21.6. The molecule has 2 fully saturated rings. The van der Waals surface area contributed by atoms with Crippen LogP contribution in [0.5, 0.6) is 0 Å². The Morgan fingerprint density at radius 3 is 2.43 bits per heavy atom. The zero-order valence-corrected chi connectivity index (χ0v) is 17.0. The molecule has 0 unspecified atom stereocenters. The number of hydrogen-bond donors (Lipinski definition) is 1. The van der Waals surface area contributed by atoms with Gasteiger partial charge in [-0.25, -0.2) is 4.79 Å². The molecule has 2 aliphatic heterocycles. The average Bonchev–Trinajstić information content (AvgIpc) is 3.34. The highest BCUT2D eigenvalue weighted by molar-refractivity contribution is 6.03. The average molecular weight is 391 g/mol. The molecule has 2 atom stereocenters. The van der Waals surface area contributed by atoms with Gasteiger partial charge in [0, 0.05) is 38.5 Å². The number of rotatable bonds is 5. The van der Waals surface area contributed by atoms with Crippen LogP contribution in [0.4, 0.5) is 0 Å². The molecule has 1 aromatic heterocycles. The summed E-state index contributed by atoms with van der Waals surface area (Å²) in [4.78, 5) is 44.4. The number of carbonyl (C=O) groups excluding carboxylic acids is 3. The molecule has 0 aromatic carbocycles. The Hall–Kier alpha value is -2.19. The highest BCUT2D eigenvalue weighted by Crippen LogP contribution is 2.22. The van der Waals surface area contributed by atoms with Gasteiger partial charge < -0.3 is 19.4 Å². The molecule has 3 heterocycles. The molecule has 0 saturated carbocycles. The number of H-pyrrole nitrogens is 1. The maximum Gasteiger partial charge on any atom is 0.339 e. The van der Waals surface area contributed by atoms with E-state index in [1.165, 1.54) is 7.11 Å². The van der Waals surface area contributed by atoms with Crippen molar-refractivity contribution in [2.24, 2.45) is 0 Å². The number of aromatic nitrogens is 1. The van der Waals surface area contributed by atoms with Gasteiger partial charge >= 0.3 is 5.97 Å². The van der Waals surface area contributed by atoms with Gasteiger partial charge in [0.15, 0.2) is 5.78 Å². The lowest BCUT2D eigenvalue weighted by atomic mass is 10.0. The Labute approximate surface area is 165 Å². The largest absolute Gasteiger partial charge is 0.465 e. The fourth-order valence-electron chi connectivity index (χ4n) is 4.09. The number of piperazine rings is 1. The van der Waals surface area contributed by atoms with Gasteiger partial charge in [-0.2, -0.15) is 0 Å². The van der Waals surface area contributed by atoms with Crippen LogP contribution in [0, 0.1) is 13.8 Å². The molecular formula is C20H29N3O5. The minimum atomic E-state index is -0.445. The summed E-state index contributed by atoms with van der Waals surface area (Å²) in [6, 6.07) is -0.345. The van der Waals surface area contributed by atoms with Crippen LogP contribution in [-0.4, -0.2) is 84.5 Å². The third-order valence-corrected chi connectivity index (χ3v) is 5.83. The number of amides is 1. The smallest absolute Gasteiger partial charge is 0.339 e. The highest BCUT2D eigenvalue weighted by Gasteiger charge is 2.34. The van der Waals surface area contributed by atoms with Crippen LogP contribution in [-0.2, 0) is 14.3 Å². The van der Waals surface area contributed by atoms with E-state index in [4.69, 9.17) is 9.47 Å². The molecule has 0 bridgehead atoms. The molecule has 8 heteroatoms. The van der Waals surface area contributed by atoms with Gasteiger partial charge in [0.1, 0.15) is 6.10 Å². The van der Waals surface area contributed by atoms with Crippen molar-refractivity contribution in [2.75, 3.05) is 39.9 Å². The van der Waals surface area contributed by atoms with Crippen molar-refractivity contribution in [3.63, 3.8) is 0 Å². The number of ether oxygens (including phenoxy) is 2. The molecule has 0 radical (unpaired) electrons. The van der Waals surface area contributed by atoms with E-state index in [9.17, 15) is 14.4 Å². The summed E-state index contributed by atoms with van der Waals surface area (Å²) in [5.41, 5.74) is 2.12. The van der Waals surface area contributed by atoms with Crippen LogP contribution in [0.25, 0.3) is 0 Å². The number of esters is 1. The van der Waals surface area contributed by atoms with Gasteiger partial charge in [-0.3, -0.25) is 14.5 Å². The minimum Gasteiger partial charge on any atom is -0.465 e. The number of methoxy groups -OCH3 is 1. The summed E-state index contributed by atoms with van der Waals surface area (Å²) in [6.07, 6.45) is 1.43. The van der Waals surface area contributed by atoms with Crippen LogP contribution in [0.3, 0.4) is 0 Å². The number of carbonyl (C=O) groups is 3. The zero-order chi connectivity index (χ0) is 20.4. The predicted molar refractivity (Wildman–Crippen MR) is 103 cm³/mol. The Kier molecular flexibility index (Phi) is 6.20. The zero-order valence-electron chi connectivity index (χ0n) is 17.0. The number of Topliss-reactive ketones (excluding diaryl/α,β-unsaturated/α-hetero) is 1. The van der Waals surface area contributed by atoms with Gasteiger partial charge in [0.05, 0.1) is 24.4 Å². The SMILES string of the molecule is COC(=O)c1c(C)[nH]c(C(=O)[C@H](C)N2CCN(C(=O)[C@@H]3CCCO3)CC2)c1C. The topological polar surface area (TPSA) is 91.9 Å². The first-order valence-corrected chi connectivity index (χ1v) is 9.81. The Balaban J connectivity index is 1.63. The maximum absolute atomic E-state index is 13.0. The summed E-state index contributed by atoms with van der Waals surface area (Å²) < 4.78 is 10.3. The van der Waals surface area contributed by atoms with Gasteiger partial charge in [-0.05, 0) is 39.2 Å². The van der Waals surface area contributed by atoms with Crippen LogP contribution in [0.1, 0.15) is 51.9 Å². The van der Waals surface area contributed by atoms with E-state index in [1.807, 2.05) is 11.8 Å². The van der Waals surface area contributed by atoms with E-state index in [0.717, 1.165) is 12.8 Å². The maximum atomic E-state index is 13.0. The predicted octanol–water partition coefficient (Wildman–Crippen LogP) is 1.31. The highest BCUT2D eigenvalue weighted by atomic mass is 16.5. The molecule has 8 nitrogen and oxygen atoms in total. The van der Waals surface area contributed by atoms with Crippen LogP contribution in [0.15, 0.2) is 0 Å². The van der Waals surface area contributed by atoms with E-state index in [1.54, 1.807) is 13.8 Å². The molecule has 1 amide bonds. The number of aromatic amines is 1. The lowest BCUT2D eigenvalue weighted by molar-refractivity contribution is -0.142. The number of hydrogen-bond acceptors (Lipinski definition) is 6. The standard InChI is InChI=1S/C20H29N3O5/c1-12-16(20(26)27-4)13(2)21-17(12)18(24)14(3)22-7-9-23(10-8-22)19(25)15-6-5-11-28-15/h14-15,21H,5-11H2,1-4H3/t14-,15-/m0/s1. The van der Waals surface area contributed by atoms with Crippen molar-refractivity contribution in [3.8, 4) is 0 Å². The van der Waals surface area contributed by atoms with E-state index >= 15 is 0 Å². The first-order chi connectivity index (χ1) is 13.3. The molecule has 3 rings (SSSR count). The van der Waals surface area contributed by atoms with Crippen molar-refractivity contribution in [3.05, 3.63) is 22.5 Å². The van der Waals surface area contributed by atoms with Crippen LogP contribution < -0.4 is 0 Å². The first-order valence-electron chi connectivity index (χ1n) is 9.81. The van der Waals surface area contributed by atoms with Gasteiger partial charge in [0.25, 0.3) is 5.91 Å². The molecule has 28 heavy (non-hydrogen) atoms. The number of ketones is 1. The Bertz CT molecular complexity index is 758.